The average Bonchev–Trinajstić information content (AvgIpc) is 2.45. The Morgan fingerprint density at radius 1 is 1.25 bits per heavy atom. The molecule has 0 aromatic heterocycles. The smallest absolute Gasteiger partial charge is 0.246 e. The van der Waals surface area contributed by atoms with Gasteiger partial charge in [-0.1, -0.05) is 46.3 Å². The van der Waals surface area contributed by atoms with E-state index in [1.54, 1.807) is 30.3 Å². The van der Waals surface area contributed by atoms with Crippen LogP contribution in [0.4, 0.5) is 10.1 Å². The van der Waals surface area contributed by atoms with Gasteiger partial charge in [0, 0.05) is 4.47 Å². The summed E-state index contributed by atoms with van der Waals surface area (Å²) < 4.78 is 14.2. The van der Waals surface area contributed by atoms with E-state index in [1.807, 2.05) is 6.07 Å². The number of hydrogen-bond donors (Lipinski definition) is 1. The van der Waals surface area contributed by atoms with E-state index in [0.29, 0.717) is 10.0 Å². The minimum Gasteiger partial charge on any atom is -0.322 e. The average molecular weight is 333 g/mol. The molecule has 2 aromatic rings. The predicted octanol–water partition coefficient (Wildman–Crippen LogP) is 3.83. The van der Waals surface area contributed by atoms with Crippen LogP contribution in [0.2, 0.25) is 0 Å². The van der Waals surface area contributed by atoms with Crippen LogP contribution in [0.25, 0.3) is 0 Å². The van der Waals surface area contributed by atoms with Crippen molar-refractivity contribution < 1.29 is 9.18 Å². The van der Waals surface area contributed by atoms with Crippen molar-refractivity contribution in [3.63, 3.8) is 0 Å². The first-order valence-corrected chi connectivity index (χ1v) is 6.61. The lowest BCUT2D eigenvalue weighted by atomic mass is 10.00. The third-order valence-electron chi connectivity index (χ3n) is 2.71. The second-order valence-electron chi connectivity index (χ2n) is 4.09. The van der Waals surface area contributed by atoms with Gasteiger partial charge in [-0.25, -0.2) is 4.39 Å². The maximum Gasteiger partial charge on any atom is 0.246 e. The summed E-state index contributed by atoms with van der Waals surface area (Å²) in [6.07, 6.45) is 0. The molecular formula is C15H10BrFN2O. The number of carbonyl (C=O) groups is 1. The van der Waals surface area contributed by atoms with Gasteiger partial charge in [0.25, 0.3) is 0 Å². The largest absolute Gasteiger partial charge is 0.322 e. The maximum atomic E-state index is 13.6. The van der Waals surface area contributed by atoms with Crippen molar-refractivity contribution >= 4 is 27.5 Å². The summed E-state index contributed by atoms with van der Waals surface area (Å²) >= 11 is 3.20. The molecule has 0 heterocycles. The Hall–Kier alpha value is -2.19. The molecular weight excluding hydrogens is 323 g/mol. The van der Waals surface area contributed by atoms with Crippen molar-refractivity contribution in [1.29, 1.82) is 5.26 Å². The number of anilines is 1. The van der Waals surface area contributed by atoms with Crippen LogP contribution in [0.15, 0.2) is 53.0 Å². The standard InChI is InChI=1S/C15H10BrFN2O/c16-11-6-7-13(17)14(8-11)19-15(20)12(9-18)10-4-2-1-3-5-10/h1-8,12H,(H,19,20). The molecule has 0 saturated heterocycles. The van der Waals surface area contributed by atoms with E-state index in [2.05, 4.69) is 21.2 Å². The number of nitriles is 1. The minimum atomic E-state index is -0.977. The van der Waals surface area contributed by atoms with Crippen LogP contribution in [0.1, 0.15) is 11.5 Å². The molecule has 1 unspecified atom stereocenters. The highest BCUT2D eigenvalue weighted by molar-refractivity contribution is 9.10. The van der Waals surface area contributed by atoms with Gasteiger partial charge >= 0.3 is 0 Å². The molecule has 0 aliphatic carbocycles. The van der Waals surface area contributed by atoms with E-state index in [1.165, 1.54) is 18.2 Å². The number of benzene rings is 2. The third kappa shape index (κ3) is 3.22. The van der Waals surface area contributed by atoms with E-state index in [-0.39, 0.29) is 5.69 Å². The molecule has 2 rings (SSSR count). The van der Waals surface area contributed by atoms with Gasteiger partial charge in [-0.15, -0.1) is 0 Å². The van der Waals surface area contributed by atoms with Gasteiger partial charge in [0.15, 0.2) is 5.92 Å². The van der Waals surface area contributed by atoms with Gasteiger partial charge in [0.05, 0.1) is 11.8 Å². The summed E-state index contributed by atoms with van der Waals surface area (Å²) in [7, 11) is 0. The van der Waals surface area contributed by atoms with Crippen molar-refractivity contribution in [3.05, 3.63) is 64.4 Å². The molecule has 0 bridgehead atoms. The third-order valence-corrected chi connectivity index (χ3v) is 3.20. The molecule has 0 radical (unpaired) electrons. The number of halogens is 2. The van der Waals surface area contributed by atoms with E-state index in [0.717, 1.165) is 0 Å². The minimum absolute atomic E-state index is 0.0422. The van der Waals surface area contributed by atoms with Crippen LogP contribution in [-0.4, -0.2) is 5.91 Å². The SMILES string of the molecule is N#CC(C(=O)Nc1cc(Br)ccc1F)c1ccccc1. The molecule has 0 aliphatic heterocycles. The molecule has 0 spiro atoms. The zero-order valence-electron chi connectivity index (χ0n) is 10.3. The molecule has 1 atom stereocenters. The first-order chi connectivity index (χ1) is 9.61. The fourth-order valence-electron chi connectivity index (χ4n) is 1.73. The summed E-state index contributed by atoms with van der Waals surface area (Å²) in [6.45, 7) is 0. The Balaban J connectivity index is 2.23. The molecule has 0 aliphatic rings. The lowest BCUT2D eigenvalue weighted by Crippen LogP contribution is -2.20. The fourth-order valence-corrected chi connectivity index (χ4v) is 2.09. The topological polar surface area (TPSA) is 52.9 Å². The summed E-state index contributed by atoms with van der Waals surface area (Å²) in [6, 6.07) is 14.8. The summed E-state index contributed by atoms with van der Waals surface area (Å²) in [5.41, 5.74) is 0.614. The summed E-state index contributed by atoms with van der Waals surface area (Å²) in [5.74, 6) is -2.09. The predicted molar refractivity (Wildman–Crippen MR) is 77.5 cm³/mol. The highest BCUT2D eigenvalue weighted by atomic mass is 79.9. The zero-order chi connectivity index (χ0) is 14.5. The summed E-state index contributed by atoms with van der Waals surface area (Å²) in [5, 5.41) is 11.6. The van der Waals surface area contributed by atoms with E-state index in [9.17, 15) is 9.18 Å². The molecule has 0 saturated carbocycles. The van der Waals surface area contributed by atoms with Crippen LogP contribution < -0.4 is 5.32 Å². The monoisotopic (exact) mass is 332 g/mol. The molecule has 3 nitrogen and oxygen atoms in total. The Morgan fingerprint density at radius 3 is 2.60 bits per heavy atom. The van der Waals surface area contributed by atoms with Crippen LogP contribution in [0.3, 0.4) is 0 Å². The van der Waals surface area contributed by atoms with Gasteiger partial charge < -0.3 is 5.32 Å². The van der Waals surface area contributed by atoms with Gasteiger partial charge in [-0.2, -0.15) is 5.26 Å². The van der Waals surface area contributed by atoms with Crippen LogP contribution >= 0.6 is 15.9 Å². The number of carbonyl (C=O) groups excluding carboxylic acids is 1. The molecule has 5 heteroatoms. The lowest BCUT2D eigenvalue weighted by molar-refractivity contribution is -0.116. The number of nitrogens with one attached hydrogen (secondary N) is 1. The zero-order valence-corrected chi connectivity index (χ0v) is 11.9. The second kappa shape index (κ2) is 6.31. The Morgan fingerprint density at radius 2 is 1.95 bits per heavy atom. The molecule has 0 fully saturated rings. The van der Waals surface area contributed by atoms with Gasteiger partial charge in [0.2, 0.25) is 5.91 Å². The number of nitrogens with zero attached hydrogens (tertiary/aromatic N) is 1. The molecule has 100 valence electrons. The highest BCUT2D eigenvalue weighted by Crippen LogP contribution is 2.22. The number of rotatable bonds is 3. The second-order valence-corrected chi connectivity index (χ2v) is 5.00. The Labute approximate surface area is 124 Å². The highest BCUT2D eigenvalue weighted by Gasteiger charge is 2.21. The van der Waals surface area contributed by atoms with E-state index in [4.69, 9.17) is 5.26 Å². The quantitative estimate of drug-likeness (QED) is 0.928. The lowest BCUT2D eigenvalue weighted by Gasteiger charge is -2.11. The van der Waals surface area contributed by atoms with Crippen molar-refractivity contribution in [2.75, 3.05) is 5.32 Å². The van der Waals surface area contributed by atoms with Gasteiger partial charge in [-0.3, -0.25) is 4.79 Å². The maximum absolute atomic E-state index is 13.6. The molecule has 1 N–H and O–H groups in total. The molecule has 1 amide bonds. The normalized spacial score (nSPS) is 11.4. The fraction of sp³-hybridized carbons (Fsp3) is 0.0667. The van der Waals surface area contributed by atoms with E-state index < -0.39 is 17.6 Å². The van der Waals surface area contributed by atoms with Crippen molar-refractivity contribution in [2.24, 2.45) is 0 Å². The number of amides is 1. The van der Waals surface area contributed by atoms with Gasteiger partial charge in [-0.05, 0) is 23.8 Å². The molecule has 2 aromatic carbocycles. The van der Waals surface area contributed by atoms with E-state index >= 15 is 0 Å². The van der Waals surface area contributed by atoms with Crippen molar-refractivity contribution in [3.8, 4) is 6.07 Å². The van der Waals surface area contributed by atoms with Gasteiger partial charge in [0.1, 0.15) is 5.82 Å². The van der Waals surface area contributed by atoms with Crippen LogP contribution in [0.5, 0.6) is 0 Å². The van der Waals surface area contributed by atoms with Crippen molar-refractivity contribution in [1.82, 2.24) is 0 Å². The Kier molecular flexibility index (Phi) is 4.49. The summed E-state index contributed by atoms with van der Waals surface area (Å²) in [4.78, 5) is 12.1. The van der Waals surface area contributed by atoms with Crippen molar-refractivity contribution in [2.45, 2.75) is 5.92 Å². The first kappa shape index (κ1) is 14.2. The molecule has 20 heavy (non-hydrogen) atoms. The Bertz CT molecular complexity index is 667. The number of hydrogen-bond acceptors (Lipinski definition) is 2. The van der Waals surface area contributed by atoms with Crippen LogP contribution in [-0.2, 0) is 4.79 Å². The first-order valence-electron chi connectivity index (χ1n) is 5.82. The van der Waals surface area contributed by atoms with Crippen LogP contribution in [0, 0.1) is 17.1 Å².